The smallest absolute Gasteiger partial charge is 0.0613 e. The number of hydrogen-bond acceptors (Lipinski definition) is 3. The van der Waals surface area contributed by atoms with Crippen LogP contribution in [0.15, 0.2) is 0 Å². The van der Waals surface area contributed by atoms with Crippen molar-refractivity contribution >= 4 is 11.8 Å². The molecule has 0 aromatic heterocycles. The molecular formula is C13H27NOS. The average molecular weight is 245 g/mol. The van der Waals surface area contributed by atoms with Gasteiger partial charge in [0.25, 0.3) is 0 Å². The molecule has 16 heavy (non-hydrogen) atoms. The summed E-state index contributed by atoms with van der Waals surface area (Å²) in [6.07, 6.45) is 7.33. The van der Waals surface area contributed by atoms with Crippen LogP contribution in [-0.2, 0) is 0 Å². The lowest BCUT2D eigenvalue weighted by molar-refractivity contribution is 0.165. The van der Waals surface area contributed by atoms with Crippen LogP contribution in [0.1, 0.15) is 52.4 Å². The summed E-state index contributed by atoms with van der Waals surface area (Å²) in [6, 6.07) is 0. The molecule has 2 atom stereocenters. The van der Waals surface area contributed by atoms with E-state index < -0.39 is 0 Å². The molecule has 0 aromatic carbocycles. The number of hydrogen-bond donors (Lipinski definition) is 2. The largest absolute Gasteiger partial charge is 0.394 e. The van der Waals surface area contributed by atoms with Crippen molar-refractivity contribution in [2.24, 2.45) is 0 Å². The van der Waals surface area contributed by atoms with Crippen molar-refractivity contribution in [3.05, 3.63) is 0 Å². The average Bonchev–Trinajstić information content (AvgIpc) is 2.71. The van der Waals surface area contributed by atoms with Crippen molar-refractivity contribution in [3.63, 3.8) is 0 Å². The highest BCUT2D eigenvalue weighted by atomic mass is 32.2. The summed E-state index contributed by atoms with van der Waals surface area (Å²) in [5.41, 5.74) is 0.0416. The zero-order chi connectivity index (χ0) is 11.9. The number of aliphatic hydroxyl groups excluding tert-OH is 1. The molecule has 2 unspecified atom stereocenters. The van der Waals surface area contributed by atoms with E-state index in [1.165, 1.54) is 25.0 Å². The molecule has 2 nitrogen and oxygen atoms in total. The third-order valence-corrected chi connectivity index (χ3v) is 4.87. The standard InChI is InChI=1S/C13H27NOS/c1-3-5-9-16-12-6-7-13(10-12,11-15)14-8-4-2/h12,14-15H,3-11H2,1-2H3. The first kappa shape index (κ1) is 14.3. The van der Waals surface area contributed by atoms with Crippen LogP contribution in [0.2, 0.25) is 0 Å². The van der Waals surface area contributed by atoms with Gasteiger partial charge < -0.3 is 10.4 Å². The van der Waals surface area contributed by atoms with Gasteiger partial charge in [0, 0.05) is 10.8 Å². The Bertz CT molecular complexity index is 189. The molecule has 1 rings (SSSR count). The van der Waals surface area contributed by atoms with Crippen LogP contribution in [0.25, 0.3) is 0 Å². The molecule has 0 radical (unpaired) electrons. The van der Waals surface area contributed by atoms with Crippen LogP contribution < -0.4 is 5.32 Å². The van der Waals surface area contributed by atoms with Gasteiger partial charge in [0.1, 0.15) is 0 Å². The van der Waals surface area contributed by atoms with E-state index in [4.69, 9.17) is 0 Å². The first-order valence-electron chi connectivity index (χ1n) is 6.74. The lowest BCUT2D eigenvalue weighted by Gasteiger charge is -2.28. The summed E-state index contributed by atoms with van der Waals surface area (Å²) in [5.74, 6) is 1.29. The summed E-state index contributed by atoms with van der Waals surface area (Å²) in [6.45, 7) is 5.77. The molecule has 0 bridgehead atoms. The SMILES string of the molecule is CCCCSC1CCC(CO)(NCCC)C1. The van der Waals surface area contributed by atoms with Gasteiger partial charge in [-0.05, 0) is 44.4 Å². The lowest BCUT2D eigenvalue weighted by atomic mass is 9.99. The minimum atomic E-state index is 0.0416. The maximum Gasteiger partial charge on any atom is 0.0613 e. The number of thioether (sulfide) groups is 1. The molecule has 1 saturated carbocycles. The zero-order valence-electron chi connectivity index (χ0n) is 10.8. The van der Waals surface area contributed by atoms with Crippen LogP contribution in [0.4, 0.5) is 0 Å². The van der Waals surface area contributed by atoms with Gasteiger partial charge in [0.05, 0.1) is 6.61 Å². The van der Waals surface area contributed by atoms with E-state index >= 15 is 0 Å². The molecule has 2 N–H and O–H groups in total. The van der Waals surface area contributed by atoms with Gasteiger partial charge in [-0.1, -0.05) is 20.3 Å². The monoisotopic (exact) mass is 245 g/mol. The van der Waals surface area contributed by atoms with Crippen molar-refractivity contribution in [1.82, 2.24) is 5.32 Å². The molecule has 1 aliphatic carbocycles. The topological polar surface area (TPSA) is 32.3 Å². The summed E-state index contributed by atoms with van der Waals surface area (Å²) in [7, 11) is 0. The molecular weight excluding hydrogens is 218 g/mol. The van der Waals surface area contributed by atoms with Gasteiger partial charge >= 0.3 is 0 Å². The summed E-state index contributed by atoms with van der Waals surface area (Å²) in [5, 5.41) is 13.9. The van der Waals surface area contributed by atoms with Gasteiger partial charge in [-0.15, -0.1) is 0 Å². The highest BCUT2D eigenvalue weighted by Gasteiger charge is 2.37. The van der Waals surface area contributed by atoms with Crippen molar-refractivity contribution in [3.8, 4) is 0 Å². The van der Waals surface area contributed by atoms with Crippen LogP contribution in [0.5, 0.6) is 0 Å². The Balaban J connectivity index is 2.29. The third-order valence-electron chi connectivity index (χ3n) is 3.47. The van der Waals surface area contributed by atoms with E-state index in [-0.39, 0.29) is 5.54 Å². The number of aliphatic hydroxyl groups is 1. The predicted octanol–water partition coefficient (Wildman–Crippen LogP) is 2.80. The second-order valence-electron chi connectivity index (χ2n) is 4.95. The van der Waals surface area contributed by atoms with Gasteiger partial charge in [-0.2, -0.15) is 11.8 Å². The van der Waals surface area contributed by atoms with Crippen molar-refractivity contribution in [2.75, 3.05) is 18.9 Å². The Labute approximate surface area is 105 Å². The predicted molar refractivity (Wildman–Crippen MR) is 73.1 cm³/mol. The molecule has 0 spiro atoms. The van der Waals surface area contributed by atoms with E-state index in [9.17, 15) is 5.11 Å². The fourth-order valence-corrected chi connectivity index (χ4v) is 3.87. The van der Waals surface area contributed by atoms with Crippen LogP contribution in [0.3, 0.4) is 0 Å². The number of unbranched alkanes of at least 4 members (excludes halogenated alkanes) is 1. The molecule has 0 aliphatic heterocycles. The van der Waals surface area contributed by atoms with Crippen molar-refractivity contribution in [2.45, 2.75) is 63.2 Å². The van der Waals surface area contributed by atoms with E-state index in [0.29, 0.717) is 6.61 Å². The van der Waals surface area contributed by atoms with Gasteiger partial charge in [-0.3, -0.25) is 0 Å². The molecule has 0 aromatic rings. The van der Waals surface area contributed by atoms with Gasteiger partial charge in [-0.25, -0.2) is 0 Å². The number of nitrogens with one attached hydrogen (secondary N) is 1. The fraction of sp³-hybridized carbons (Fsp3) is 1.00. The number of rotatable bonds is 8. The first-order chi connectivity index (χ1) is 7.76. The lowest BCUT2D eigenvalue weighted by Crippen LogP contribution is -2.46. The Morgan fingerprint density at radius 3 is 2.81 bits per heavy atom. The van der Waals surface area contributed by atoms with E-state index in [0.717, 1.165) is 31.1 Å². The Hall–Kier alpha value is 0.270. The maximum absolute atomic E-state index is 9.56. The molecule has 1 aliphatic rings. The molecule has 1 fully saturated rings. The van der Waals surface area contributed by atoms with Crippen molar-refractivity contribution < 1.29 is 5.11 Å². The van der Waals surface area contributed by atoms with Crippen LogP contribution >= 0.6 is 11.8 Å². The van der Waals surface area contributed by atoms with E-state index in [2.05, 4.69) is 30.9 Å². The Kier molecular flexibility index (Phi) is 6.78. The summed E-state index contributed by atoms with van der Waals surface area (Å²) in [4.78, 5) is 0. The highest BCUT2D eigenvalue weighted by molar-refractivity contribution is 7.99. The second kappa shape index (κ2) is 7.57. The second-order valence-corrected chi connectivity index (χ2v) is 6.36. The van der Waals surface area contributed by atoms with Gasteiger partial charge in [0.2, 0.25) is 0 Å². The quantitative estimate of drug-likeness (QED) is 0.645. The molecule has 3 heteroatoms. The third kappa shape index (κ3) is 4.27. The minimum Gasteiger partial charge on any atom is -0.394 e. The maximum atomic E-state index is 9.56. The molecule has 0 saturated heterocycles. The normalized spacial score (nSPS) is 29.8. The Morgan fingerprint density at radius 1 is 1.38 bits per heavy atom. The summed E-state index contributed by atoms with van der Waals surface area (Å²) >= 11 is 2.11. The molecule has 0 amide bonds. The molecule has 96 valence electrons. The van der Waals surface area contributed by atoms with Crippen LogP contribution in [0, 0.1) is 0 Å². The zero-order valence-corrected chi connectivity index (χ0v) is 11.6. The highest BCUT2D eigenvalue weighted by Crippen LogP contribution is 2.37. The van der Waals surface area contributed by atoms with E-state index in [1.54, 1.807) is 0 Å². The first-order valence-corrected chi connectivity index (χ1v) is 7.78. The Morgan fingerprint density at radius 2 is 2.19 bits per heavy atom. The van der Waals surface area contributed by atoms with Gasteiger partial charge in [0.15, 0.2) is 0 Å². The molecule has 0 heterocycles. The summed E-state index contributed by atoms with van der Waals surface area (Å²) < 4.78 is 0. The minimum absolute atomic E-state index is 0.0416. The fourth-order valence-electron chi connectivity index (χ4n) is 2.36. The van der Waals surface area contributed by atoms with Crippen molar-refractivity contribution in [1.29, 1.82) is 0 Å². The van der Waals surface area contributed by atoms with Crippen LogP contribution in [-0.4, -0.2) is 34.8 Å². The van der Waals surface area contributed by atoms with E-state index in [1.807, 2.05) is 0 Å².